The van der Waals surface area contributed by atoms with Crippen LogP contribution in [0.5, 0.6) is 0 Å². The van der Waals surface area contributed by atoms with Crippen molar-refractivity contribution < 1.29 is 0 Å². The SMILES string of the molecule is Cc1c(C)n(CCCN(C)C)c2ncn3nc(CSc4nc5ccccc5s4)nc3c12. The smallest absolute Gasteiger partial charge is 0.168 e. The number of nitrogens with zero attached hydrogens (tertiary/aromatic N) is 7. The van der Waals surface area contributed by atoms with E-state index in [0.717, 1.165) is 51.9 Å². The lowest BCUT2D eigenvalue weighted by atomic mass is 10.2. The molecule has 0 radical (unpaired) electrons. The van der Waals surface area contributed by atoms with Crippen LogP contribution in [-0.4, -0.2) is 54.7 Å². The van der Waals surface area contributed by atoms with Crippen LogP contribution in [0.25, 0.3) is 26.9 Å². The lowest BCUT2D eigenvalue weighted by Crippen LogP contribution is -2.15. The molecule has 0 fully saturated rings. The minimum atomic E-state index is 0.685. The van der Waals surface area contributed by atoms with Gasteiger partial charge in [-0.15, -0.1) is 16.4 Å². The summed E-state index contributed by atoms with van der Waals surface area (Å²) in [5.41, 5.74) is 5.42. The maximum absolute atomic E-state index is 4.88. The van der Waals surface area contributed by atoms with Crippen LogP contribution in [0.4, 0.5) is 0 Å². The van der Waals surface area contributed by atoms with E-state index in [1.165, 1.54) is 16.0 Å². The summed E-state index contributed by atoms with van der Waals surface area (Å²) in [5.74, 6) is 1.49. The lowest BCUT2D eigenvalue weighted by Gasteiger charge is -2.11. The first kappa shape index (κ1) is 20.4. The van der Waals surface area contributed by atoms with E-state index in [4.69, 9.17) is 15.0 Å². The minimum absolute atomic E-state index is 0.685. The van der Waals surface area contributed by atoms with Crippen molar-refractivity contribution in [2.45, 2.75) is 36.9 Å². The van der Waals surface area contributed by atoms with Gasteiger partial charge in [0, 0.05) is 12.2 Å². The van der Waals surface area contributed by atoms with Crippen molar-refractivity contribution in [3.05, 3.63) is 47.7 Å². The number of thioether (sulfide) groups is 1. The van der Waals surface area contributed by atoms with Crippen molar-refractivity contribution >= 4 is 50.0 Å². The van der Waals surface area contributed by atoms with E-state index < -0.39 is 0 Å². The van der Waals surface area contributed by atoms with Crippen LogP contribution in [-0.2, 0) is 12.3 Å². The molecule has 5 aromatic rings. The zero-order valence-electron chi connectivity index (χ0n) is 18.2. The van der Waals surface area contributed by atoms with Crippen molar-refractivity contribution in [3.63, 3.8) is 0 Å². The van der Waals surface area contributed by atoms with Crippen LogP contribution in [0, 0.1) is 13.8 Å². The largest absolute Gasteiger partial charge is 0.329 e. The summed E-state index contributed by atoms with van der Waals surface area (Å²) in [6, 6.07) is 8.23. The quantitative estimate of drug-likeness (QED) is 0.338. The molecule has 4 heterocycles. The van der Waals surface area contributed by atoms with E-state index in [1.807, 2.05) is 16.6 Å². The van der Waals surface area contributed by atoms with E-state index in [2.05, 4.69) is 54.6 Å². The molecule has 0 aliphatic heterocycles. The van der Waals surface area contributed by atoms with Crippen molar-refractivity contribution in [2.75, 3.05) is 20.6 Å². The third-order valence-electron chi connectivity index (χ3n) is 5.58. The van der Waals surface area contributed by atoms with Crippen LogP contribution in [0.1, 0.15) is 23.5 Å². The van der Waals surface area contributed by atoms with Crippen molar-refractivity contribution in [1.82, 2.24) is 34.0 Å². The highest BCUT2D eigenvalue weighted by Gasteiger charge is 2.18. The Hall–Kier alpha value is -2.49. The van der Waals surface area contributed by atoms with Crippen molar-refractivity contribution in [1.29, 1.82) is 0 Å². The van der Waals surface area contributed by atoms with Gasteiger partial charge in [0.2, 0.25) is 0 Å². The summed E-state index contributed by atoms with van der Waals surface area (Å²) < 4.78 is 6.38. The first-order valence-electron chi connectivity index (χ1n) is 10.3. The molecule has 0 saturated heterocycles. The van der Waals surface area contributed by atoms with Crippen LogP contribution in [0.15, 0.2) is 34.9 Å². The zero-order valence-corrected chi connectivity index (χ0v) is 19.8. The molecule has 0 N–H and O–H groups in total. The second kappa shape index (κ2) is 8.22. The Morgan fingerprint density at radius 2 is 1.94 bits per heavy atom. The van der Waals surface area contributed by atoms with E-state index >= 15 is 0 Å². The molecule has 0 aliphatic rings. The summed E-state index contributed by atoms with van der Waals surface area (Å²) in [5, 5.41) is 5.79. The molecule has 5 rings (SSSR count). The van der Waals surface area contributed by atoms with Gasteiger partial charge in [-0.3, -0.25) is 0 Å². The summed E-state index contributed by atoms with van der Waals surface area (Å²) in [6.07, 6.45) is 2.87. The second-order valence-corrected chi connectivity index (χ2v) is 10.2. The van der Waals surface area contributed by atoms with Crippen molar-refractivity contribution in [2.24, 2.45) is 0 Å². The van der Waals surface area contributed by atoms with E-state index in [0.29, 0.717) is 5.75 Å². The Labute approximate surface area is 189 Å². The summed E-state index contributed by atoms with van der Waals surface area (Å²) in [4.78, 5) is 16.5. The molecule has 0 bridgehead atoms. The molecule has 160 valence electrons. The predicted molar refractivity (Wildman–Crippen MR) is 128 cm³/mol. The van der Waals surface area contributed by atoms with Gasteiger partial charge in [0.25, 0.3) is 0 Å². The van der Waals surface area contributed by atoms with Gasteiger partial charge in [0.05, 0.1) is 21.4 Å². The fourth-order valence-electron chi connectivity index (χ4n) is 3.89. The van der Waals surface area contributed by atoms with Gasteiger partial charge in [0.15, 0.2) is 15.8 Å². The monoisotopic (exact) mass is 451 g/mol. The molecule has 0 aliphatic carbocycles. The highest BCUT2D eigenvalue weighted by molar-refractivity contribution is 8.00. The molecule has 9 heteroatoms. The standard InChI is InChI=1S/C22H25N7S2/c1-14-15(2)28(11-7-10-27(3)4)20-19(14)21-25-18(26-29(21)13-23-20)12-30-22-24-16-8-5-6-9-17(16)31-22/h5-6,8-9,13H,7,10-12H2,1-4H3. The normalized spacial score (nSPS) is 12.2. The molecular weight excluding hydrogens is 426 g/mol. The summed E-state index contributed by atoms with van der Waals surface area (Å²) in [6.45, 7) is 6.33. The number of rotatable bonds is 7. The van der Waals surface area contributed by atoms with Crippen LogP contribution in [0.3, 0.4) is 0 Å². The second-order valence-electron chi connectivity index (χ2n) is 7.99. The molecule has 4 aromatic heterocycles. The molecule has 7 nitrogen and oxygen atoms in total. The number of fused-ring (bicyclic) bond motifs is 4. The van der Waals surface area contributed by atoms with Gasteiger partial charge in [-0.05, 0) is 58.6 Å². The molecular formula is C22H25N7S2. The highest BCUT2D eigenvalue weighted by Crippen LogP contribution is 2.32. The van der Waals surface area contributed by atoms with Crippen LogP contribution in [0.2, 0.25) is 0 Å². The maximum atomic E-state index is 4.88. The number of hydrogen-bond acceptors (Lipinski definition) is 7. The molecule has 0 amide bonds. The number of para-hydroxylation sites is 1. The van der Waals surface area contributed by atoms with Gasteiger partial charge in [-0.25, -0.2) is 19.5 Å². The van der Waals surface area contributed by atoms with Crippen LogP contribution >= 0.6 is 23.1 Å². The molecule has 0 saturated carbocycles. The zero-order chi connectivity index (χ0) is 21.5. The number of thiazole rings is 1. The molecule has 31 heavy (non-hydrogen) atoms. The minimum Gasteiger partial charge on any atom is -0.329 e. The predicted octanol–water partition coefficient (Wildman–Crippen LogP) is 4.55. The lowest BCUT2D eigenvalue weighted by molar-refractivity contribution is 0.387. The number of aromatic nitrogens is 6. The Bertz CT molecular complexity index is 1350. The van der Waals surface area contributed by atoms with E-state index in [1.54, 1.807) is 29.4 Å². The van der Waals surface area contributed by atoms with Gasteiger partial charge in [0.1, 0.15) is 12.0 Å². The number of hydrogen-bond donors (Lipinski definition) is 0. The molecule has 0 atom stereocenters. The highest BCUT2D eigenvalue weighted by atomic mass is 32.2. The molecule has 0 unspecified atom stereocenters. The van der Waals surface area contributed by atoms with Gasteiger partial charge >= 0.3 is 0 Å². The summed E-state index contributed by atoms with van der Waals surface area (Å²) >= 11 is 3.40. The Morgan fingerprint density at radius 3 is 2.74 bits per heavy atom. The Morgan fingerprint density at radius 1 is 1.10 bits per heavy atom. The van der Waals surface area contributed by atoms with Crippen molar-refractivity contribution in [3.8, 4) is 0 Å². The maximum Gasteiger partial charge on any atom is 0.168 e. The first-order valence-corrected chi connectivity index (χ1v) is 12.1. The van der Waals surface area contributed by atoms with Gasteiger partial charge in [-0.1, -0.05) is 23.9 Å². The first-order chi connectivity index (χ1) is 15.0. The average molecular weight is 452 g/mol. The number of aryl methyl sites for hydroxylation is 2. The van der Waals surface area contributed by atoms with Gasteiger partial charge in [-0.2, -0.15) is 0 Å². The van der Waals surface area contributed by atoms with Gasteiger partial charge < -0.3 is 9.47 Å². The third-order valence-corrected chi connectivity index (χ3v) is 7.75. The summed E-state index contributed by atoms with van der Waals surface area (Å²) in [7, 11) is 4.22. The van der Waals surface area contributed by atoms with E-state index in [9.17, 15) is 0 Å². The fraction of sp³-hybridized carbons (Fsp3) is 0.364. The third kappa shape index (κ3) is 3.81. The van der Waals surface area contributed by atoms with E-state index in [-0.39, 0.29) is 0 Å². The molecule has 0 spiro atoms. The topological polar surface area (TPSA) is 64.1 Å². The number of benzene rings is 1. The molecule has 1 aromatic carbocycles. The average Bonchev–Trinajstić information content (AvgIpc) is 3.42. The fourth-order valence-corrected chi connectivity index (χ4v) is 5.81. The Kier molecular flexibility index (Phi) is 5.41. The Balaban J connectivity index is 1.44. The van der Waals surface area contributed by atoms with Crippen LogP contribution < -0.4 is 0 Å².